The van der Waals surface area contributed by atoms with E-state index in [1.54, 1.807) is 30.1 Å². The zero-order valence-electron chi connectivity index (χ0n) is 13.3. The van der Waals surface area contributed by atoms with Gasteiger partial charge in [-0.05, 0) is 18.9 Å². The second-order valence-electron chi connectivity index (χ2n) is 5.34. The third-order valence-corrected chi connectivity index (χ3v) is 4.02. The van der Waals surface area contributed by atoms with Crippen LogP contribution < -0.4 is 16.0 Å². The lowest BCUT2D eigenvalue weighted by Crippen LogP contribution is -2.54. The number of likely N-dealkylation sites (N-methyl/N-ethyl adjacent to an activating group) is 1. The molecule has 7 nitrogen and oxygen atoms in total. The summed E-state index contributed by atoms with van der Waals surface area (Å²) >= 11 is 0. The van der Waals surface area contributed by atoms with E-state index >= 15 is 0 Å². The van der Waals surface area contributed by atoms with E-state index in [1.165, 1.54) is 6.07 Å². The van der Waals surface area contributed by atoms with Crippen LogP contribution >= 0.6 is 0 Å². The van der Waals surface area contributed by atoms with Gasteiger partial charge in [-0.3, -0.25) is 14.9 Å². The number of nitrogens with zero attached hydrogens (tertiary/aromatic N) is 2. The molecule has 0 saturated heterocycles. The van der Waals surface area contributed by atoms with Crippen molar-refractivity contribution in [2.24, 2.45) is 5.73 Å². The molecule has 0 aromatic heterocycles. The van der Waals surface area contributed by atoms with Gasteiger partial charge in [0.1, 0.15) is 5.69 Å². The Morgan fingerprint density at radius 3 is 2.45 bits per heavy atom. The van der Waals surface area contributed by atoms with Gasteiger partial charge < -0.3 is 16.0 Å². The lowest BCUT2D eigenvalue weighted by Gasteiger charge is -2.32. The van der Waals surface area contributed by atoms with Gasteiger partial charge in [0, 0.05) is 19.7 Å². The molecule has 0 radical (unpaired) electrons. The van der Waals surface area contributed by atoms with Crippen molar-refractivity contribution >= 4 is 17.3 Å². The van der Waals surface area contributed by atoms with Gasteiger partial charge in [-0.2, -0.15) is 0 Å². The number of benzene rings is 1. The van der Waals surface area contributed by atoms with Crippen LogP contribution in [0.15, 0.2) is 24.3 Å². The largest absolute Gasteiger partial charge is 0.360 e. The molecule has 0 fully saturated rings. The average Bonchev–Trinajstić information content (AvgIpc) is 2.52. The van der Waals surface area contributed by atoms with Gasteiger partial charge in [0.2, 0.25) is 5.91 Å². The molecule has 1 aromatic rings. The average molecular weight is 308 g/mol. The molecule has 0 spiro atoms. The van der Waals surface area contributed by atoms with Crippen molar-refractivity contribution in [1.29, 1.82) is 0 Å². The number of carbonyl (C=O) groups excluding carboxylic acids is 1. The van der Waals surface area contributed by atoms with Crippen molar-refractivity contribution in [3.8, 4) is 0 Å². The summed E-state index contributed by atoms with van der Waals surface area (Å²) < 4.78 is 0. The summed E-state index contributed by atoms with van der Waals surface area (Å²) in [6, 6.07) is 6.36. The normalized spacial score (nSPS) is 11.1. The Hall–Kier alpha value is -2.15. The summed E-state index contributed by atoms with van der Waals surface area (Å²) in [6.07, 6.45) is 1.47. The van der Waals surface area contributed by atoms with Gasteiger partial charge in [0.05, 0.1) is 17.0 Å². The van der Waals surface area contributed by atoms with Crippen LogP contribution in [0.1, 0.15) is 26.7 Å². The number of nitro benzene ring substituents is 1. The third-order valence-electron chi connectivity index (χ3n) is 4.02. The van der Waals surface area contributed by atoms with Gasteiger partial charge in [-0.15, -0.1) is 0 Å². The zero-order chi connectivity index (χ0) is 16.8. The minimum atomic E-state index is -0.452. The molecule has 0 atom stereocenters. The summed E-state index contributed by atoms with van der Waals surface area (Å²) in [4.78, 5) is 24.4. The number of hydrogen-bond acceptors (Lipinski definition) is 5. The first-order valence-corrected chi connectivity index (χ1v) is 7.34. The lowest BCUT2D eigenvalue weighted by molar-refractivity contribution is -0.384. The van der Waals surface area contributed by atoms with Crippen LogP contribution in [-0.4, -0.2) is 36.5 Å². The van der Waals surface area contributed by atoms with Gasteiger partial charge in [0.15, 0.2) is 0 Å². The number of rotatable bonds is 8. The molecule has 0 aliphatic heterocycles. The maximum Gasteiger partial charge on any atom is 0.292 e. The molecule has 0 saturated carbocycles. The van der Waals surface area contributed by atoms with Crippen LogP contribution in [0.4, 0.5) is 11.4 Å². The molecular weight excluding hydrogens is 284 g/mol. The molecule has 0 bridgehead atoms. The summed E-state index contributed by atoms with van der Waals surface area (Å²) in [5.41, 5.74) is 5.74. The predicted molar refractivity (Wildman–Crippen MR) is 86.9 cm³/mol. The lowest BCUT2D eigenvalue weighted by atomic mass is 9.93. The Labute approximate surface area is 130 Å². The van der Waals surface area contributed by atoms with Crippen LogP contribution in [0.5, 0.6) is 0 Å². The first-order valence-electron chi connectivity index (χ1n) is 7.34. The Morgan fingerprint density at radius 1 is 1.36 bits per heavy atom. The van der Waals surface area contributed by atoms with Gasteiger partial charge >= 0.3 is 0 Å². The number of nitrogens with two attached hydrogens (primary N) is 1. The maximum absolute atomic E-state index is 12.2. The van der Waals surface area contributed by atoms with Crippen molar-refractivity contribution in [2.75, 3.05) is 25.0 Å². The van der Waals surface area contributed by atoms with E-state index in [0.717, 1.165) is 12.8 Å². The van der Waals surface area contributed by atoms with Crippen LogP contribution in [0.25, 0.3) is 0 Å². The fourth-order valence-electron chi connectivity index (χ4n) is 2.34. The summed E-state index contributed by atoms with van der Waals surface area (Å²) in [5.74, 6) is -0.199. The molecule has 122 valence electrons. The Morgan fingerprint density at radius 2 is 1.95 bits per heavy atom. The van der Waals surface area contributed by atoms with Gasteiger partial charge in [-0.1, -0.05) is 26.0 Å². The second kappa shape index (κ2) is 7.74. The van der Waals surface area contributed by atoms with E-state index in [1.807, 2.05) is 13.8 Å². The molecule has 1 amide bonds. The van der Waals surface area contributed by atoms with Gasteiger partial charge in [0.25, 0.3) is 5.69 Å². The minimum absolute atomic E-state index is 0.0196. The second-order valence-corrected chi connectivity index (χ2v) is 5.34. The number of nitro groups is 1. The summed E-state index contributed by atoms with van der Waals surface area (Å²) in [5, 5.41) is 14.0. The highest BCUT2D eigenvalue weighted by atomic mass is 16.6. The Balaban J connectivity index is 2.83. The van der Waals surface area contributed by atoms with Crippen molar-refractivity contribution in [2.45, 2.75) is 32.2 Å². The maximum atomic E-state index is 12.2. The highest BCUT2D eigenvalue weighted by Gasteiger charge is 2.27. The van der Waals surface area contributed by atoms with Crippen molar-refractivity contribution < 1.29 is 9.72 Å². The van der Waals surface area contributed by atoms with Crippen LogP contribution in [0, 0.1) is 10.1 Å². The van der Waals surface area contributed by atoms with E-state index in [0.29, 0.717) is 12.2 Å². The monoisotopic (exact) mass is 308 g/mol. The van der Waals surface area contributed by atoms with Crippen molar-refractivity contribution in [3.05, 3.63) is 34.4 Å². The molecule has 0 aliphatic rings. The topological polar surface area (TPSA) is 102 Å². The first-order chi connectivity index (χ1) is 10.4. The fraction of sp³-hybridized carbons (Fsp3) is 0.533. The van der Waals surface area contributed by atoms with E-state index < -0.39 is 10.5 Å². The van der Waals surface area contributed by atoms with E-state index in [9.17, 15) is 14.9 Å². The van der Waals surface area contributed by atoms with Crippen LogP contribution in [0.3, 0.4) is 0 Å². The van der Waals surface area contributed by atoms with E-state index in [4.69, 9.17) is 5.73 Å². The number of nitrogens with one attached hydrogen (secondary N) is 1. The smallest absolute Gasteiger partial charge is 0.292 e. The highest BCUT2D eigenvalue weighted by Crippen LogP contribution is 2.26. The zero-order valence-corrected chi connectivity index (χ0v) is 13.3. The summed E-state index contributed by atoms with van der Waals surface area (Å²) in [6.45, 7) is 4.35. The molecule has 1 aromatic carbocycles. The van der Waals surface area contributed by atoms with E-state index in [2.05, 4.69) is 5.32 Å². The van der Waals surface area contributed by atoms with E-state index in [-0.39, 0.29) is 18.1 Å². The number of amides is 1. The molecule has 0 heterocycles. The third kappa shape index (κ3) is 4.17. The molecular formula is C15H24N4O3. The Bertz CT molecular complexity index is 521. The van der Waals surface area contributed by atoms with Gasteiger partial charge in [-0.25, -0.2) is 0 Å². The molecule has 22 heavy (non-hydrogen) atoms. The number of hydrogen-bond donors (Lipinski definition) is 2. The van der Waals surface area contributed by atoms with Crippen molar-refractivity contribution in [3.63, 3.8) is 0 Å². The van der Waals surface area contributed by atoms with Crippen molar-refractivity contribution in [1.82, 2.24) is 5.32 Å². The Kier molecular flexibility index (Phi) is 6.30. The van der Waals surface area contributed by atoms with Crippen LogP contribution in [-0.2, 0) is 4.79 Å². The minimum Gasteiger partial charge on any atom is -0.360 e. The SMILES string of the molecule is CCC(CC)(CN)NC(=O)CN(C)c1ccccc1[N+](=O)[O-]. The molecule has 7 heteroatoms. The quantitative estimate of drug-likeness (QED) is 0.562. The molecule has 0 aliphatic carbocycles. The first kappa shape index (κ1) is 17.9. The summed E-state index contributed by atoms with van der Waals surface area (Å²) in [7, 11) is 1.66. The van der Waals surface area contributed by atoms with Crippen LogP contribution in [0.2, 0.25) is 0 Å². The number of carbonyl (C=O) groups is 1. The predicted octanol–water partition coefficient (Wildman–Crippen LogP) is 1.66. The number of para-hydroxylation sites is 2. The number of anilines is 1. The molecule has 3 N–H and O–H groups in total. The molecule has 1 rings (SSSR count). The fourth-order valence-corrected chi connectivity index (χ4v) is 2.34. The molecule has 0 unspecified atom stereocenters. The standard InChI is InChI=1S/C15H24N4O3/c1-4-15(5-2,11-16)17-14(20)10-18(3)12-8-6-7-9-13(12)19(21)22/h6-9H,4-5,10-11,16H2,1-3H3,(H,17,20). The highest BCUT2D eigenvalue weighted by molar-refractivity contribution is 5.83.